The van der Waals surface area contributed by atoms with E-state index in [2.05, 4.69) is 5.32 Å². The molecule has 5 heteroatoms. The average Bonchev–Trinajstić information content (AvgIpc) is 2.54. The van der Waals surface area contributed by atoms with Crippen molar-refractivity contribution in [3.05, 3.63) is 35.6 Å². The molecule has 1 heterocycles. The van der Waals surface area contributed by atoms with E-state index >= 15 is 0 Å². The summed E-state index contributed by atoms with van der Waals surface area (Å²) >= 11 is 0. The number of benzene rings is 1. The Morgan fingerprint density at radius 2 is 1.83 bits per heavy atom. The average molecular weight is 320 g/mol. The molecule has 1 saturated heterocycles. The number of carbonyl (C=O) groups is 2. The van der Waals surface area contributed by atoms with Gasteiger partial charge in [0.2, 0.25) is 11.8 Å². The zero-order valence-electron chi connectivity index (χ0n) is 13.8. The number of hydrogen-bond donors (Lipinski definition) is 1. The van der Waals surface area contributed by atoms with Gasteiger partial charge in [-0.3, -0.25) is 9.59 Å². The van der Waals surface area contributed by atoms with Gasteiger partial charge in [0, 0.05) is 31.5 Å². The van der Waals surface area contributed by atoms with Crippen LogP contribution in [0.4, 0.5) is 4.39 Å². The SMILES string of the molecule is CC(C)C(=O)N1CCC(NC(=O)CCc2ccc(F)cc2)CC1. The van der Waals surface area contributed by atoms with E-state index in [1.54, 1.807) is 12.1 Å². The predicted octanol–water partition coefficient (Wildman–Crippen LogP) is 2.52. The quantitative estimate of drug-likeness (QED) is 0.906. The van der Waals surface area contributed by atoms with Gasteiger partial charge in [-0.1, -0.05) is 26.0 Å². The van der Waals surface area contributed by atoms with Gasteiger partial charge in [0.25, 0.3) is 0 Å². The maximum absolute atomic E-state index is 12.8. The second kappa shape index (κ2) is 8.09. The standard InChI is InChI=1S/C18H25FN2O2/c1-13(2)18(23)21-11-9-16(10-12-21)20-17(22)8-5-14-3-6-15(19)7-4-14/h3-4,6-7,13,16H,5,8-12H2,1-2H3,(H,20,22). The Hall–Kier alpha value is -1.91. The fourth-order valence-electron chi connectivity index (χ4n) is 2.82. The third-order valence-electron chi connectivity index (χ3n) is 4.22. The summed E-state index contributed by atoms with van der Waals surface area (Å²) in [5.74, 6) is -0.0354. The van der Waals surface area contributed by atoms with Crippen molar-refractivity contribution in [2.75, 3.05) is 13.1 Å². The first-order chi connectivity index (χ1) is 11.0. The van der Waals surface area contributed by atoms with Crippen LogP contribution in [0.1, 0.15) is 38.7 Å². The Morgan fingerprint density at radius 1 is 1.22 bits per heavy atom. The minimum Gasteiger partial charge on any atom is -0.353 e. The van der Waals surface area contributed by atoms with Crippen LogP contribution in [0.3, 0.4) is 0 Å². The second-order valence-corrected chi connectivity index (χ2v) is 6.45. The van der Waals surface area contributed by atoms with E-state index in [4.69, 9.17) is 0 Å². The molecule has 0 aromatic heterocycles. The molecule has 126 valence electrons. The number of hydrogen-bond acceptors (Lipinski definition) is 2. The molecule has 0 spiro atoms. The summed E-state index contributed by atoms with van der Waals surface area (Å²) in [5, 5.41) is 3.04. The second-order valence-electron chi connectivity index (χ2n) is 6.45. The van der Waals surface area contributed by atoms with E-state index in [0.717, 1.165) is 18.4 Å². The fourth-order valence-corrected chi connectivity index (χ4v) is 2.82. The van der Waals surface area contributed by atoms with Gasteiger partial charge in [-0.15, -0.1) is 0 Å². The molecule has 0 saturated carbocycles. The highest BCUT2D eigenvalue weighted by atomic mass is 19.1. The number of amides is 2. The number of likely N-dealkylation sites (tertiary alicyclic amines) is 1. The van der Waals surface area contributed by atoms with Crippen LogP contribution in [0.25, 0.3) is 0 Å². The summed E-state index contributed by atoms with van der Waals surface area (Å²) in [5.41, 5.74) is 0.957. The van der Waals surface area contributed by atoms with Crippen LogP contribution >= 0.6 is 0 Å². The molecule has 1 aliphatic rings. The molecule has 23 heavy (non-hydrogen) atoms. The van der Waals surface area contributed by atoms with Crippen molar-refractivity contribution in [3.8, 4) is 0 Å². The van der Waals surface area contributed by atoms with Crippen molar-refractivity contribution in [2.45, 2.75) is 45.6 Å². The van der Waals surface area contributed by atoms with E-state index in [1.165, 1.54) is 12.1 Å². The van der Waals surface area contributed by atoms with Crippen molar-refractivity contribution in [2.24, 2.45) is 5.92 Å². The molecule has 0 aliphatic carbocycles. The zero-order chi connectivity index (χ0) is 16.8. The lowest BCUT2D eigenvalue weighted by Gasteiger charge is -2.33. The highest BCUT2D eigenvalue weighted by Gasteiger charge is 2.24. The van der Waals surface area contributed by atoms with Crippen LogP contribution in [0, 0.1) is 11.7 Å². The van der Waals surface area contributed by atoms with Gasteiger partial charge in [0.1, 0.15) is 5.82 Å². The number of nitrogens with zero attached hydrogens (tertiary/aromatic N) is 1. The van der Waals surface area contributed by atoms with Crippen LogP contribution in [0.2, 0.25) is 0 Å². The summed E-state index contributed by atoms with van der Waals surface area (Å²) in [7, 11) is 0. The number of halogens is 1. The largest absolute Gasteiger partial charge is 0.353 e. The molecule has 0 radical (unpaired) electrons. The third kappa shape index (κ3) is 5.34. The van der Waals surface area contributed by atoms with Crippen LogP contribution in [-0.2, 0) is 16.0 Å². The van der Waals surface area contributed by atoms with E-state index in [-0.39, 0.29) is 29.6 Å². The van der Waals surface area contributed by atoms with E-state index in [1.807, 2.05) is 18.7 Å². The summed E-state index contributed by atoms with van der Waals surface area (Å²) in [4.78, 5) is 25.8. The monoisotopic (exact) mass is 320 g/mol. The minimum atomic E-state index is -0.263. The van der Waals surface area contributed by atoms with Crippen molar-refractivity contribution in [3.63, 3.8) is 0 Å². The van der Waals surface area contributed by atoms with Crippen molar-refractivity contribution in [1.82, 2.24) is 10.2 Å². The first-order valence-electron chi connectivity index (χ1n) is 8.28. The molecule has 1 aliphatic heterocycles. The zero-order valence-corrected chi connectivity index (χ0v) is 13.8. The smallest absolute Gasteiger partial charge is 0.225 e. The Morgan fingerprint density at radius 3 is 2.39 bits per heavy atom. The maximum Gasteiger partial charge on any atom is 0.225 e. The van der Waals surface area contributed by atoms with Gasteiger partial charge in [-0.25, -0.2) is 4.39 Å². The Bertz CT molecular complexity index is 534. The summed E-state index contributed by atoms with van der Waals surface area (Å²) in [6, 6.07) is 6.38. The topological polar surface area (TPSA) is 49.4 Å². The molecule has 1 aromatic rings. The lowest BCUT2D eigenvalue weighted by Crippen LogP contribution is -2.47. The summed E-state index contributed by atoms with van der Waals surface area (Å²) < 4.78 is 12.8. The first-order valence-corrected chi connectivity index (χ1v) is 8.28. The van der Waals surface area contributed by atoms with Crippen LogP contribution in [0.15, 0.2) is 24.3 Å². The number of aryl methyl sites for hydroxylation is 1. The van der Waals surface area contributed by atoms with Gasteiger partial charge < -0.3 is 10.2 Å². The lowest BCUT2D eigenvalue weighted by molar-refractivity contribution is -0.135. The van der Waals surface area contributed by atoms with Crippen molar-refractivity contribution < 1.29 is 14.0 Å². The number of carbonyl (C=O) groups excluding carboxylic acids is 2. The minimum absolute atomic E-state index is 0.0166. The molecule has 4 nitrogen and oxygen atoms in total. The molecular weight excluding hydrogens is 295 g/mol. The molecule has 0 unspecified atom stereocenters. The third-order valence-corrected chi connectivity index (χ3v) is 4.22. The maximum atomic E-state index is 12.8. The summed E-state index contributed by atoms with van der Waals surface area (Å²) in [6.45, 7) is 5.23. The Labute approximate surface area is 137 Å². The molecule has 1 fully saturated rings. The van der Waals surface area contributed by atoms with Gasteiger partial charge in [0.15, 0.2) is 0 Å². The van der Waals surface area contributed by atoms with Gasteiger partial charge >= 0.3 is 0 Å². The molecule has 1 N–H and O–H groups in total. The number of nitrogens with one attached hydrogen (secondary N) is 1. The van der Waals surface area contributed by atoms with E-state index in [0.29, 0.717) is 25.9 Å². The molecule has 0 atom stereocenters. The fraction of sp³-hybridized carbons (Fsp3) is 0.556. The predicted molar refractivity (Wildman–Crippen MR) is 87.3 cm³/mol. The summed E-state index contributed by atoms with van der Waals surface area (Å²) in [6.07, 6.45) is 2.62. The van der Waals surface area contributed by atoms with Crippen LogP contribution < -0.4 is 5.32 Å². The highest BCUT2D eigenvalue weighted by molar-refractivity contribution is 5.78. The van der Waals surface area contributed by atoms with Gasteiger partial charge in [0.05, 0.1) is 0 Å². The highest BCUT2D eigenvalue weighted by Crippen LogP contribution is 2.14. The molecule has 2 amide bonds. The molecule has 1 aromatic carbocycles. The Kier molecular flexibility index (Phi) is 6.13. The normalized spacial score (nSPS) is 15.7. The number of rotatable bonds is 5. The van der Waals surface area contributed by atoms with Gasteiger partial charge in [-0.05, 0) is 37.0 Å². The Balaban J connectivity index is 1.70. The van der Waals surface area contributed by atoms with E-state index in [9.17, 15) is 14.0 Å². The van der Waals surface area contributed by atoms with E-state index < -0.39 is 0 Å². The first kappa shape index (κ1) is 17.4. The van der Waals surface area contributed by atoms with Crippen molar-refractivity contribution in [1.29, 1.82) is 0 Å². The number of piperidine rings is 1. The molecule has 0 bridgehead atoms. The van der Waals surface area contributed by atoms with Crippen LogP contribution in [-0.4, -0.2) is 35.8 Å². The molecule has 2 rings (SSSR count). The van der Waals surface area contributed by atoms with Crippen LogP contribution in [0.5, 0.6) is 0 Å². The van der Waals surface area contributed by atoms with Gasteiger partial charge in [-0.2, -0.15) is 0 Å². The van der Waals surface area contributed by atoms with Crippen molar-refractivity contribution >= 4 is 11.8 Å². The molecular formula is C18H25FN2O2. The lowest BCUT2D eigenvalue weighted by atomic mass is 10.0.